The highest BCUT2D eigenvalue weighted by Crippen LogP contribution is 2.34. The van der Waals surface area contributed by atoms with Gasteiger partial charge in [0.15, 0.2) is 0 Å². The molecule has 1 aliphatic heterocycles. The smallest absolute Gasteiger partial charge is 0.272 e. The molecule has 1 aromatic heterocycles. The lowest BCUT2D eigenvalue weighted by atomic mass is 9.85. The molecule has 10 heteroatoms. The van der Waals surface area contributed by atoms with E-state index in [0.29, 0.717) is 48.4 Å². The zero-order chi connectivity index (χ0) is 24.9. The lowest BCUT2D eigenvalue weighted by Crippen LogP contribution is -2.47. The fourth-order valence-corrected chi connectivity index (χ4v) is 4.91. The lowest BCUT2D eigenvalue weighted by Gasteiger charge is -2.33. The number of H-pyrrole nitrogens is 1. The Labute approximate surface area is 202 Å². The third-order valence-corrected chi connectivity index (χ3v) is 7.03. The summed E-state index contributed by atoms with van der Waals surface area (Å²) < 4.78 is 0. The highest BCUT2D eigenvalue weighted by molar-refractivity contribution is 5.92. The van der Waals surface area contributed by atoms with E-state index in [1.54, 1.807) is 6.20 Å². The van der Waals surface area contributed by atoms with Gasteiger partial charge in [0.25, 0.3) is 5.91 Å². The van der Waals surface area contributed by atoms with Crippen molar-refractivity contribution in [3.63, 3.8) is 0 Å². The molecule has 2 atom stereocenters. The Morgan fingerprint density at radius 1 is 1.26 bits per heavy atom. The molecule has 0 aromatic carbocycles. The van der Waals surface area contributed by atoms with E-state index in [1.165, 1.54) is 0 Å². The van der Waals surface area contributed by atoms with Crippen LogP contribution >= 0.6 is 0 Å². The summed E-state index contributed by atoms with van der Waals surface area (Å²) in [5, 5.41) is 13.4. The van der Waals surface area contributed by atoms with Crippen LogP contribution in [-0.4, -0.2) is 88.0 Å². The Kier molecular flexibility index (Phi) is 8.70. The van der Waals surface area contributed by atoms with Gasteiger partial charge in [0, 0.05) is 26.2 Å². The summed E-state index contributed by atoms with van der Waals surface area (Å²) in [7, 11) is 2.04. The number of likely N-dealkylation sites (N-methyl/N-ethyl adjacent to an activating group) is 1. The molecule has 1 aromatic rings. The van der Waals surface area contributed by atoms with Crippen molar-refractivity contribution in [2.45, 2.75) is 58.9 Å². The summed E-state index contributed by atoms with van der Waals surface area (Å²) in [5.41, 5.74) is 0.0245. The van der Waals surface area contributed by atoms with E-state index in [4.69, 9.17) is 0 Å². The molecule has 1 unspecified atom stereocenters. The number of hydrogen-bond acceptors (Lipinski definition) is 6. The first-order valence-corrected chi connectivity index (χ1v) is 12.3. The number of carbonyl (C=O) groups excluding carboxylic acids is 3. The number of nitrogens with one attached hydrogen (secondary N) is 2. The second-order valence-corrected chi connectivity index (χ2v) is 10.9. The number of piperazine rings is 1. The van der Waals surface area contributed by atoms with Crippen molar-refractivity contribution in [3.05, 3.63) is 17.7 Å². The van der Waals surface area contributed by atoms with E-state index in [-0.39, 0.29) is 23.8 Å². The number of hydrogen-bond donors (Lipinski definition) is 3. The average molecular weight is 477 g/mol. The van der Waals surface area contributed by atoms with Gasteiger partial charge in [0.2, 0.25) is 12.3 Å². The highest BCUT2D eigenvalue weighted by Gasteiger charge is 2.35. The first kappa shape index (κ1) is 26.2. The van der Waals surface area contributed by atoms with Crippen LogP contribution in [0.2, 0.25) is 0 Å². The minimum absolute atomic E-state index is 0.0476. The molecule has 0 bridgehead atoms. The minimum atomic E-state index is -0.524. The van der Waals surface area contributed by atoms with Gasteiger partial charge in [-0.25, -0.2) is 10.0 Å². The zero-order valence-electron chi connectivity index (χ0n) is 20.9. The number of amides is 3. The molecule has 0 radical (unpaired) electrons. The molecule has 3 N–H and O–H groups in total. The van der Waals surface area contributed by atoms with Crippen LogP contribution in [0.5, 0.6) is 0 Å². The number of nitrogens with zero attached hydrogens (tertiary/aromatic N) is 4. The second-order valence-electron chi connectivity index (χ2n) is 10.9. The molecule has 2 aliphatic rings. The van der Waals surface area contributed by atoms with Gasteiger partial charge in [-0.1, -0.05) is 46.5 Å². The summed E-state index contributed by atoms with van der Waals surface area (Å²) in [5.74, 6) is 0.0990. The van der Waals surface area contributed by atoms with Crippen LogP contribution in [0.1, 0.15) is 75.2 Å². The lowest BCUT2D eigenvalue weighted by molar-refractivity contribution is -0.155. The number of hydroxylamine groups is 2. The first-order valence-electron chi connectivity index (χ1n) is 12.3. The maximum atomic E-state index is 13.3. The number of aromatic amines is 1. The SMILES string of the molecule is CN1CCN(C(=O)c2cnc(C(NC(=O)[C@H](CC3CCCC3)CN(O)C=O)C(C)(C)C)[nH]2)CC1. The van der Waals surface area contributed by atoms with Crippen LogP contribution in [0.25, 0.3) is 0 Å². The molecule has 1 aliphatic carbocycles. The molecular formula is C24H40N6O4. The molecule has 1 saturated heterocycles. The summed E-state index contributed by atoms with van der Waals surface area (Å²) in [6, 6.07) is -0.469. The van der Waals surface area contributed by atoms with Crippen LogP contribution in [-0.2, 0) is 9.59 Å². The van der Waals surface area contributed by atoms with Crippen molar-refractivity contribution in [2.24, 2.45) is 17.3 Å². The number of imidazole rings is 1. The van der Waals surface area contributed by atoms with Gasteiger partial charge in [-0.2, -0.15) is 0 Å². The van der Waals surface area contributed by atoms with Gasteiger partial charge >= 0.3 is 0 Å². The Hall–Kier alpha value is -2.46. The third-order valence-electron chi connectivity index (χ3n) is 7.03. The Bertz CT molecular complexity index is 837. The van der Waals surface area contributed by atoms with E-state index in [1.807, 2.05) is 32.7 Å². The second kappa shape index (κ2) is 11.3. The molecule has 3 amide bonds. The van der Waals surface area contributed by atoms with Gasteiger partial charge in [0.1, 0.15) is 11.5 Å². The summed E-state index contributed by atoms with van der Waals surface area (Å²) >= 11 is 0. The first-order chi connectivity index (χ1) is 16.1. The maximum absolute atomic E-state index is 13.3. The van der Waals surface area contributed by atoms with Crippen LogP contribution < -0.4 is 5.32 Å². The monoisotopic (exact) mass is 476 g/mol. The van der Waals surface area contributed by atoms with E-state index in [9.17, 15) is 19.6 Å². The average Bonchev–Trinajstić information content (AvgIpc) is 3.48. The number of rotatable bonds is 9. The topological polar surface area (TPSA) is 122 Å². The van der Waals surface area contributed by atoms with E-state index >= 15 is 0 Å². The van der Waals surface area contributed by atoms with Crippen molar-refractivity contribution in [2.75, 3.05) is 39.8 Å². The standard InChI is InChI=1S/C24H40N6O4/c1-24(2,3)20(21-25-14-19(26-21)23(33)29-11-9-28(4)10-12-29)27-22(32)18(15-30(34)16-31)13-17-7-5-6-8-17/h14,16-18,20,34H,5-13,15H2,1-4H3,(H,25,26)(H,27,32)/t18-,20?/m1/s1. The van der Waals surface area contributed by atoms with Crippen LogP contribution in [0.4, 0.5) is 0 Å². The normalized spacial score (nSPS) is 19.6. The molecule has 1 saturated carbocycles. The summed E-state index contributed by atoms with van der Waals surface area (Å²) in [6.45, 7) is 8.94. The minimum Gasteiger partial charge on any atom is -0.345 e. The Morgan fingerprint density at radius 3 is 2.50 bits per heavy atom. The Balaban J connectivity index is 1.74. The van der Waals surface area contributed by atoms with Crippen LogP contribution in [0.15, 0.2) is 6.20 Å². The van der Waals surface area contributed by atoms with Gasteiger partial charge in [-0.3, -0.25) is 19.6 Å². The van der Waals surface area contributed by atoms with Gasteiger partial charge < -0.3 is 20.1 Å². The highest BCUT2D eigenvalue weighted by atomic mass is 16.5. The van der Waals surface area contributed by atoms with E-state index < -0.39 is 12.0 Å². The van der Waals surface area contributed by atoms with Crippen LogP contribution in [0, 0.1) is 17.3 Å². The van der Waals surface area contributed by atoms with Crippen LogP contribution in [0.3, 0.4) is 0 Å². The Morgan fingerprint density at radius 2 is 1.91 bits per heavy atom. The molecule has 2 heterocycles. The fraction of sp³-hybridized carbons (Fsp3) is 0.750. The van der Waals surface area contributed by atoms with Gasteiger partial charge in [-0.15, -0.1) is 0 Å². The molecule has 10 nitrogen and oxygen atoms in total. The van der Waals surface area contributed by atoms with Gasteiger partial charge in [-0.05, 0) is 24.8 Å². The van der Waals surface area contributed by atoms with Crippen molar-refractivity contribution in [1.82, 2.24) is 30.1 Å². The van der Waals surface area contributed by atoms with E-state index in [0.717, 1.165) is 38.8 Å². The zero-order valence-corrected chi connectivity index (χ0v) is 20.9. The molecule has 3 rings (SSSR count). The summed E-state index contributed by atoms with van der Waals surface area (Å²) in [6.07, 6.45) is 6.92. The summed E-state index contributed by atoms with van der Waals surface area (Å²) in [4.78, 5) is 48.9. The quantitative estimate of drug-likeness (QED) is 0.285. The molecule has 0 spiro atoms. The van der Waals surface area contributed by atoms with Crippen molar-refractivity contribution in [3.8, 4) is 0 Å². The molecule has 2 fully saturated rings. The predicted octanol–water partition coefficient (Wildman–Crippen LogP) is 2.04. The largest absolute Gasteiger partial charge is 0.345 e. The molecular weight excluding hydrogens is 436 g/mol. The molecule has 34 heavy (non-hydrogen) atoms. The number of carbonyl (C=O) groups is 3. The predicted molar refractivity (Wildman–Crippen MR) is 127 cm³/mol. The van der Waals surface area contributed by atoms with E-state index in [2.05, 4.69) is 20.2 Å². The van der Waals surface area contributed by atoms with Crippen molar-refractivity contribution >= 4 is 18.2 Å². The fourth-order valence-electron chi connectivity index (χ4n) is 4.91. The maximum Gasteiger partial charge on any atom is 0.272 e. The molecule has 190 valence electrons. The van der Waals surface area contributed by atoms with Gasteiger partial charge in [0.05, 0.1) is 24.7 Å². The van der Waals surface area contributed by atoms with Crippen molar-refractivity contribution in [1.29, 1.82) is 0 Å². The van der Waals surface area contributed by atoms with Crippen molar-refractivity contribution < 1.29 is 19.6 Å². The number of aromatic nitrogens is 2. The third kappa shape index (κ3) is 6.79.